The summed E-state index contributed by atoms with van der Waals surface area (Å²) < 4.78 is 44.4. The average molecular weight is 280 g/mol. The SMILES string of the molecule is COC(=O)c1c(C#N)cc(Cl)cc1OC(F)(F)F. The Morgan fingerprint density at radius 3 is 2.50 bits per heavy atom. The molecule has 0 saturated carbocycles. The summed E-state index contributed by atoms with van der Waals surface area (Å²) in [7, 11) is 0.968. The quantitative estimate of drug-likeness (QED) is 0.781. The number of esters is 1. The first-order valence-corrected chi connectivity index (χ1v) is 4.74. The van der Waals surface area contributed by atoms with E-state index in [4.69, 9.17) is 16.9 Å². The lowest BCUT2D eigenvalue weighted by molar-refractivity contribution is -0.274. The molecule has 0 unspecified atom stereocenters. The Bertz CT molecular complexity index is 522. The van der Waals surface area contributed by atoms with Gasteiger partial charge in [0.1, 0.15) is 17.4 Å². The summed E-state index contributed by atoms with van der Waals surface area (Å²) in [5.41, 5.74) is -0.990. The molecule has 0 heterocycles. The standard InChI is InChI=1S/C10H5ClF3NO3/c1-17-9(16)8-5(4-15)2-6(11)3-7(8)18-10(12,13)14/h2-3H,1H3. The number of nitriles is 1. The van der Waals surface area contributed by atoms with Gasteiger partial charge in [-0.15, -0.1) is 13.2 Å². The molecule has 0 spiro atoms. The largest absolute Gasteiger partial charge is 0.573 e. The highest BCUT2D eigenvalue weighted by molar-refractivity contribution is 6.31. The lowest BCUT2D eigenvalue weighted by atomic mass is 10.1. The topological polar surface area (TPSA) is 59.3 Å². The smallest absolute Gasteiger partial charge is 0.465 e. The Morgan fingerprint density at radius 2 is 2.06 bits per heavy atom. The van der Waals surface area contributed by atoms with Gasteiger partial charge in [0.25, 0.3) is 0 Å². The molecule has 18 heavy (non-hydrogen) atoms. The number of rotatable bonds is 2. The van der Waals surface area contributed by atoms with Crippen molar-refractivity contribution in [2.45, 2.75) is 6.36 Å². The van der Waals surface area contributed by atoms with Gasteiger partial charge >= 0.3 is 12.3 Å². The molecular formula is C10H5ClF3NO3. The van der Waals surface area contributed by atoms with Crippen LogP contribution in [0.4, 0.5) is 13.2 Å². The molecular weight excluding hydrogens is 275 g/mol. The molecule has 96 valence electrons. The maximum Gasteiger partial charge on any atom is 0.573 e. The lowest BCUT2D eigenvalue weighted by Crippen LogP contribution is -2.20. The number of alkyl halides is 3. The van der Waals surface area contributed by atoms with E-state index in [1.165, 1.54) is 0 Å². The van der Waals surface area contributed by atoms with Crippen LogP contribution in [0.5, 0.6) is 5.75 Å². The lowest BCUT2D eigenvalue weighted by Gasteiger charge is -2.13. The molecule has 0 aliphatic carbocycles. The summed E-state index contributed by atoms with van der Waals surface area (Å²) in [4.78, 5) is 11.3. The molecule has 0 radical (unpaired) electrons. The van der Waals surface area contributed by atoms with Crippen molar-refractivity contribution in [1.29, 1.82) is 5.26 Å². The van der Waals surface area contributed by atoms with Crippen molar-refractivity contribution < 1.29 is 27.4 Å². The van der Waals surface area contributed by atoms with Gasteiger partial charge in [-0.1, -0.05) is 11.6 Å². The fourth-order valence-corrected chi connectivity index (χ4v) is 1.40. The highest BCUT2D eigenvalue weighted by atomic mass is 35.5. The van der Waals surface area contributed by atoms with Crippen molar-refractivity contribution in [3.05, 3.63) is 28.3 Å². The summed E-state index contributed by atoms with van der Waals surface area (Å²) in [6, 6.07) is 3.36. The fraction of sp³-hybridized carbons (Fsp3) is 0.200. The van der Waals surface area contributed by atoms with Gasteiger partial charge in [0.15, 0.2) is 0 Å². The van der Waals surface area contributed by atoms with E-state index in [0.717, 1.165) is 19.2 Å². The zero-order valence-corrected chi connectivity index (χ0v) is 9.59. The predicted molar refractivity (Wildman–Crippen MR) is 54.2 cm³/mol. The van der Waals surface area contributed by atoms with Crippen LogP contribution in [0.2, 0.25) is 5.02 Å². The normalized spacial score (nSPS) is 10.7. The number of methoxy groups -OCH3 is 1. The second kappa shape index (κ2) is 5.14. The van der Waals surface area contributed by atoms with Crippen LogP contribution in [0.15, 0.2) is 12.1 Å². The van der Waals surface area contributed by atoms with Crippen LogP contribution in [0.1, 0.15) is 15.9 Å². The third-order valence-corrected chi connectivity index (χ3v) is 2.02. The maximum absolute atomic E-state index is 12.2. The zero-order chi connectivity index (χ0) is 13.9. The van der Waals surface area contributed by atoms with Crippen molar-refractivity contribution in [1.82, 2.24) is 0 Å². The van der Waals surface area contributed by atoms with Crippen LogP contribution < -0.4 is 4.74 Å². The van der Waals surface area contributed by atoms with Gasteiger partial charge in [-0.3, -0.25) is 0 Å². The molecule has 0 atom stereocenters. The molecule has 1 aromatic rings. The molecule has 0 bridgehead atoms. The first-order chi connectivity index (χ1) is 8.28. The molecule has 0 fully saturated rings. The highest BCUT2D eigenvalue weighted by Gasteiger charge is 2.34. The third kappa shape index (κ3) is 3.28. The van der Waals surface area contributed by atoms with Crippen LogP contribution >= 0.6 is 11.6 Å². The van der Waals surface area contributed by atoms with Gasteiger partial charge in [-0.25, -0.2) is 4.79 Å². The molecule has 0 aliphatic rings. The highest BCUT2D eigenvalue weighted by Crippen LogP contribution is 2.32. The minimum atomic E-state index is -5.01. The first kappa shape index (κ1) is 14.1. The molecule has 0 N–H and O–H groups in total. The Hall–Kier alpha value is -1.94. The summed E-state index contributed by atoms with van der Waals surface area (Å²) in [6.07, 6.45) is -5.01. The predicted octanol–water partition coefficient (Wildman–Crippen LogP) is 2.90. The van der Waals surface area contributed by atoms with E-state index in [-0.39, 0.29) is 10.6 Å². The molecule has 1 rings (SSSR count). The second-order valence-electron chi connectivity index (χ2n) is 2.98. The number of hydrogen-bond donors (Lipinski definition) is 0. The van der Waals surface area contributed by atoms with Crippen molar-refractivity contribution in [3.63, 3.8) is 0 Å². The van der Waals surface area contributed by atoms with E-state index in [0.29, 0.717) is 0 Å². The number of halogens is 4. The minimum Gasteiger partial charge on any atom is -0.465 e. The van der Waals surface area contributed by atoms with E-state index in [1.54, 1.807) is 6.07 Å². The van der Waals surface area contributed by atoms with Gasteiger partial charge in [-0.05, 0) is 6.07 Å². The minimum absolute atomic E-state index is 0.168. The number of nitrogens with zero attached hydrogens (tertiary/aromatic N) is 1. The van der Waals surface area contributed by atoms with Crippen molar-refractivity contribution in [3.8, 4) is 11.8 Å². The monoisotopic (exact) mass is 279 g/mol. The van der Waals surface area contributed by atoms with Crippen molar-refractivity contribution in [2.24, 2.45) is 0 Å². The van der Waals surface area contributed by atoms with E-state index >= 15 is 0 Å². The first-order valence-electron chi connectivity index (χ1n) is 4.36. The van der Waals surface area contributed by atoms with Gasteiger partial charge in [0, 0.05) is 11.1 Å². The maximum atomic E-state index is 12.2. The molecule has 0 aliphatic heterocycles. The number of carbonyl (C=O) groups excluding carboxylic acids is 1. The number of benzene rings is 1. The zero-order valence-electron chi connectivity index (χ0n) is 8.84. The number of hydrogen-bond acceptors (Lipinski definition) is 4. The third-order valence-electron chi connectivity index (χ3n) is 1.80. The molecule has 8 heteroatoms. The van der Waals surface area contributed by atoms with Crippen LogP contribution in [0, 0.1) is 11.3 Å². The molecule has 0 amide bonds. The van der Waals surface area contributed by atoms with E-state index < -0.39 is 23.6 Å². The summed E-state index contributed by atoms with van der Waals surface area (Å²) in [6.45, 7) is 0. The van der Waals surface area contributed by atoms with Crippen molar-refractivity contribution in [2.75, 3.05) is 7.11 Å². The molecule has 0 aromatic heterocycles. The Kier molecular flexibility index (Phi) is 4.03. The van der Waals surface area contributed by atoms with Crippen LogP contribution in [0.25, 0.3) is 0 Å². The van der Waals surface area contributed by atoms with Gasteiger partial charge < -0.3 is 9.47 Å². The Balaban J connectivity index is 3.43. The van der Waals surface area contributed by atoms with E-state index in [1.807, 2.05) is 0 Å². The van der Waals surface area contributed by atoms with Gasteiger partial charge in [-0.2, -0.15) is 5.26 Å². The Labute approximate surface area is 104 Å². The summed E-state index contributed by atoms with van der Waals surface area (Å²) in [5.74, 6) is -2.00. The fourth-order valence-electron chi connectivity index (χ4n) is 1.19. The van der Waals surface area contributed by atoms with Gasteiger partial charge in [0.05, 0.1) is 12.7 Å². The van der Waals surface area contributed by atoms with Crippen LogP contribution in [-0.2, 0) is 4.74 Å². The summed E-state index contributed by atoms with van der Waals surface area (Å²) in [5, 5.41) is 8.59. The molecule has 4 nitrogen and oxygen atoms in total. The van der Waals surface area contributed by atoms with E-state index in [2.05, 4.69) is 9.47 Å². The van der Waals surface area contributed by atoms with Gasteiger partial charge in [0.2, 0.25) is 0 Å². The van der Waals surface area contributed by atoms with Crippen LogP contribution in [0.3, 0.4) is 0 Å². The molecule has 0 saturated heterocycles. The molecule has 1 aromatic carbocycles. The number of ether oxygens (including phenoxy) is 2. The average Bonchev–Trinajstić information content (AvgIpc) is 2.25. The number of carbonyl (C=O) groups is 1. The van der Waals surface area contributed by atoms with E-state index in [9.17, 15) is 18.0 Å². The van der Waals surface area contributed by atoms with Crippen LogP contribution in [-0.4, -0.2) is 19.4 Å². The van der Waals surface area contributed by atoms with Crippen molar-refractivity contribution >= 4 is 17.6 Å². The summed E-state index contributed by atoms with van der Waals surface area (Å²) >= 11 is 5.53. The second-order valence-corrected chi connectivity index (χ2v) is 3.41. The Morgan fingerprint density at radius 1 is 1.44 bits per heavy atom.